The first kappa shape index (κ1) is 8.96. The fourth-order valence-corrected chi connectivity index (χ4v) is 1.33. The Labute approximate surface area is 83.3 Å². The van der Waals surface area contributed by atoms with Crippen molar-refractivity contribution >= 4 is 22.4 Å². The summed E-state index contributed by atoms with van der Waals surface area (Å²) in [5.41, 5.74) is 5.71. The highest BCUT2D eigenvalue weighted by Crippen LogP contribution is 2.28. The number of nitro benzene ring substituents is 1. The lowest BCUT2D eigenvalue weighted by Gasteiger charge is -1.94. The molecule has 0 saturated carbocycles. The zero-order valence-electron chi connectivity index (χ0n) is 7.39. The summed E-state index contributed by atoms with van der Waals surface area (Å²) in [7, 11) is 0. The fraction of sp³-hybridized carbons (Fsp3) is 0. The van der Waals surface area contributed by atoms with Gasteiger partial charge in [-0.05, 0) is 6.07 Å². The van der Waals surface area contributed by atoms with Crippen molar-refractivity contribution in [3.63, 3.8) is 0 Å². The summed E-state index contributed by atoms with van der Waals surface area (Å²) in [6.07, 6.45) is 0. The van der Waals surface area contributed by atoms with Crippen LogP contribution in [0.25, 0.3) is 10.9 Å². The fourth-order valence-electron chi connectivity index (χ4n) is 1.33. The monoisotopic (exact) mass is 203 g/mol. The van der Waals surface area contributed by atoms with Gasteiger partial charge in [-0.2, -0.15) is 10.4 Å². The minimum Gasteiger partial charge on any atom is -0.382 e. The number of H-pyrrole nitrogens is 1. The molecular weight excluding hydrogens is 198 g/mol. The van der Waals surface area contributed by atoms with Crippen molar-refractivity contribution in [2.24, 2.45) is 0 Å². The molecule has 0 saturated heterocycles. The molecule has 7 heteroatoms. The smallest absolute Gasteiger partial charge is 0.296 e. The highest BCUT2D eigenvalue weighted by atomic mass is 16.6. The molecule has 7 nitrogen and oxygen atoms in total. The van der Waals surface area contributed by atoms with Crippen molar-refractivity contribution < 1.29 is 4.92 Å². The molecule has 0 aliphatic rings. The van der Waals surface area contributed by atoms with Crippen molar-refractivity contribution in [2.45, 2.75) is 0 Å². The minimum absolute atomic E-state index is 0.144. The number of benzene rings is 1. The zero-order valence-corrected chi connectivity index (χ0v) is 7.39. The SMILES string of the molecule is N#Cc1cc([N+](=O)[O-])c2[nH]nc(N)c2c1. The first-order valence-corrected chi connectivity index (χ1v) is 3.95. The number of aromatic amines is 1. The number of fused-ring (bicyclic) bond motifs is 1. The maximum Gasteiger partial charge on any atom is 0.296 e. The quantitative estimate of drug-likeness (QED) is 0.527. The number of non-ortho nitro benzene ring substituents is 1. The minimum atomic E-state index is -0.583. The number of nitrogens with one attached hydrogen (secondary N) is 1. The largest absolute Gasteiger partial charge is 0.382 e. The Morgan fingerprint density at radius 2 is 2.33 bits per heavy atom. The molecule has 0 aliphatic heterocycles. The third-order valence-electron chi connectivity index (χ3n) is 2.01. The van der Waals surface area contributed by atoms with Gasteiger partial charge in [0.05, 0.1) is 21.9 Å². The van der Waals surface area contributed by atoms with Crippen LogP contribution in [0.5, 0.6) is 0 Å². The van der Waals surface area contributed by atoms with E-state index < -0.39 is 4.92 Å². The average molecular weight is 203 g/mol. The first-order chi connectivity index (χ1) is 7.13. The summed E-state index contributed by atoms with van der Waals surface area (Å²) in [4.78, 5) is 10.1. The second-order valence-electron chi connectivity index (χ2n) is 2.90. The van der Waals surface area contributed by atoms with Crippen LogP contribution in [0.2, 0.25) is 0 Å². The molecule has 0 amide bonds. The molecule has 0 aliphatic carbocycles. The van der Waals surface area contributed by atoms with Gasteiger partial charge >= 0.3 is 0 Å². The van der Waals surface area contributed by atoms with Crippen LogP contribution in [0.3, 0.4) is 0 Å². The van der Waals surface area contributed by atoms with Gasteiger partial charge in [0.1, 0.15) is 5.52 Å². The van der Waals surface area contributed by atoms with Crippen LogP contribution in [-0.2, 0) is 0 Å². The van der Waals surface area contributed by atoms with Crippen molar-refractivity contribution in [3.8, 4) is 6.07 Å². The highest BCUT2D eigenvalue weighted by molar-refractivity contribution is 5.95. The number of nitriles is 1. The van der Waals surface area contributed by atoms with E-state index >= 15 is 0 Å². The van der Waals surface area contributed by atoms with E-state index in [0.717, 1.165) is 0 Å². The Hall–Kier alpha value is -2.62. The summed E-state index contributed by atoms with van der Waals surface area (Å²) in [5.74, 6) is 0.144. The lowest BCUT2D eigenvalue weighted by Crippen LogP contribution is -1.91. The standard InChI is InChI=1S/C8H5N5O2/c9-3-4-1-5-7(11-12-8(5)10)6(2-4)13(14)15/h1-2H,(H3,10,11,12). The Bertz CT molecular complexity index is 595. The predicted octanol–water partition coefficient (Wildman–Crippen LogP) is 0.925. The second-order valence-corrected chi connectivity index (χ2v) is 2.90. The van der Waals surface area contributed by atoms with E-state index in [0.29, 0.717) is 5.39 Å². The lowest BCUT2D eigenvalue weighted by molar-refractivity contribution is -0.383. The number of nitrogens with zero attached hydrogens (tertiary/aromatic N) is 3. The van der Waals surface area contributed by atoms with E-state index in [1.807, 2.05) is 6.07 Å². The molecule has 0 spiro atoms. The first-order valence-electron chi connectivity index (χ1n) is 3.95. The number of aromatic nitrogens is 2. The molecule has 0 atom stereocenters. The highest BCUT2D eigenvalue weighted by Gasteiger charge is 2.17. The number of hydrogen-bond acceptors (Lipinski definition) is 5. The Kier molecular flexibility index (Phi) is 1.76. The lowest BCUT2D eigenvalue weighted by atomic mass is 10.1. The van der Waals surface area contributed by atoms with Crippen LogP contribution >= 0.6 is 0 Å². The predicted molar refractivity (Wildman–Crippen MR) is 51.9 cm³/mol. The van der Waals surface area contributed by atoms with Gasteiger partial charge in [-0.3, -0.25) is 15.2 Å². The third-order valence-corrected chi connectivity index (χ3v) is 2.01. The summed E-state index contributed by atoms with van der Waals surface area (Å²) < 4.78 is 0. The zero-order chi connectivity index (χ0) is 11.0. The van der Waals surface area contributed by atoms with E-state index in [1.54, 1.807) is 0 Å². The van der Waals surface area contributed by atoms with E-state index in [2.05, 4.69) is 10.2 Å². The van der Waals surface area contributed by atoms with Crippen molar-refractivity contribution in [3.05, 3.63) is 27.8 Å². The number of anilines is 1. The summed E-state index contributed by atoms with van der Waals surface area (Å²) >= 11 is 0. The Morgan fingerprint density at radius 1 is 1.60 bits per heavy atom. The Balaban J connectivity index is 2.90. The number of nitro groups is 1. The van der Waals surface area contributed by atoms with Crippen LogP contribution in [0, 0.1) is 21.4 Å². The molecule has 1 heterocycles. The third kappa shape index (κ3) is 1.24. The summed E-state index contributed by atoms with van der Waals surface area (Å²) in [5, 5.41) is 25.9. The van der Waals surface area contributed by atoms with E-state index in [-0.39, 0.29) is 22.6 Å². The number of nitrogens with two attached hydrogens (primary N) is 1. The summed E-state index contributed by atoms with van der Waals surface area (Å²) in [6.45, 7) is 0. The van der Waals surface area contributed by atoms with Gasteiger partial charge in [0, 0.05) is 6.07 Å². The van der Waals surface area contributed by atoms with Gasteiger partial charge in [-0.25, -0.2) is 0 Å². The molecule has 74 valence electrons. The molecule has 15 heavy (non-hydrogen) atoms. The molecule has 1 aromatic carbocycles. The van der Waals surface area contributed by atoms with Crippen LogP contribution in [-0.4, -0.2) is 15.1 Å². The molecule has 0 radical (unpaired) electrons. The average Bonchev–Trinajstić information content (AvgIpc) is 2.59. The van der Waals surface area contributed by atoms with Crippen LogP contribution < -0.4 is 5.73 Å². The van der Waals surface area contributed by atoms with Gasteiger partial charge in [-0.1, -0.05) is 0 Å². The molecule has 2 aromatic rings. The van der Waals surface area contributed by atoms with E-state index in [4.69, 9.17) is 11.0 Å². The summed E-state index contributed by atoms with van der Waals surface area (Å²) in [6, 6.07) is 4.47. The van der Waals surface area contributed by atoms with E-state index in [9.17, 15) is 10.1 Å². The molecular formula is C8H5N5O2. The van der Waals surface area contributed by atoms with Crippen LogP contribution in [0.1, 0.15) is 5.56 Å². The molecule has 2 rings (SSSR count). The Morgan fingerprint density at radius 3 is 2.93 bits per heavy atom. The maximum atomic E-state index is 10.7. The van der Waals surface area contributed by atoms with Crippen LogP contribution in [0.15, 0.2) is 12.1 Å². The molecule has 0 bridgehead atoms. The molecule has 3 N–H and O–H groups in total. The van der Waals surface area contributed by atoms with Crippen molar-refractivity contribution in [2.75, 3.05) is 5.73 Å². The van der Waals surface area contributed by atoms with Gasteiger partial charge < -0.3 is 5.73 Å². The van der Waals surface area contributed by atoms with Crippen molar-refractivity contribution in [1.29, 1.82) is 5.26 Å². The number of nitrogen functional groups attached to an aromatic ring is 1. The van der Waals surface area contributed by atoms with Crippen molar-refractivity contribution in [1.82, 2.24) is 10.2 Å². The van der Waals surface area contributed by atoms with E-state index in [1.165, 1.54) is 12.1 Å². The second kappa shape index (κ2) is 2.95. The normalized spacial score (nSPS) is 10.1. The van der Waals surface area contributed by atoms with Gasteiger partial charge in [0.2, 0.25) is 0 Å². The van der Waals surface area contributed by atoms with Gasteiger partial charge in [-0.15, -0.1) is 0 Å². The van der Waals surface area contributed by atoms with Crippen LogP contribution in [0.4, 0.5) is 11.5 Å². The maximum absolute atomic E-state index is 10.7. The van der Waals surface area contributed by atoms with Gasteiger partial charge in [0.25, 0.3) is 5.69 Å². The number of rotatable bonds is 1. The molecule has 0 fully saturated rings. The topological polar surface area (TPSA) is 122 Å². The number of hydrogen-bond donors (Lipinski definition) is 2. The molecule has 0 unspecified atom stereocenters. The van der Waals surface area contributed by atoms with Gasteiger partial charge in [0.15, 0.2) is 5.82 Å². The molecule has 1 aromatic heterocycles.